The number of carbonyl (C=O) groups is 2. The minimum atomic E-state index is -3.88. The number of methoxy groups -OCH3 is 1. The van der Waals surface area contributed by atoms with Crippen LogP contribution >= 0.6 is 0 Å². The summed E-state index contributed by atoms with van der Waals surface area (Å²) in [6.45, 7) is 1.73. The SMILES string of the molecule is COc1ccccc1N(C)S(=O)(=O)c1ccc(C(=O)OCC(=O)NC2CCCCC2C)cc1. The number of nitrogens with zero attached hydrogens (tertiary/aromatic N) is 1. The van der Waals surface area contributed by atoms with Crippen molar-refractivity contribution >= 4 is 27.6 Å². The number of hydrogen-bond acceptors (Lipinski definition) is 6. The number of rotatable bonds is 8. The van der Waals surface area contributed by atoms with E-state index in [1.807, 2.05) is 0 Å². The van der Waals surface area contributed by atoms with Gasteiger partial charge in [0, 0.05) is 13.1 Å². The van der Waals surface area contributed by atoms with Crippen molar-refractivity contribution in [3.8, 4) is 5.75 Å². The number of ether oxygens (including phenoxy) is 2. The first-order valence-corrected chi connectivity index (χ1v) is 12.4. The third kappa shape index (κ3) is 5.84. The Kier molecular flexibility index (Phi) is 7.97. The molecule has 2 aromatic carbocycles. The van der Waals surface area contributed by atoms with Gasteiger partial charge in [-0.3, -0.25) is 9.10 Å². The Hall–Kier alpha value is -3.07. The molecule has 9 heteroatoms. The van der Waals surface area contributed by atoms with E-state index >= 15 is 0 Å². The maximum atomic E-state index is 13.0. The van der Waals surface area contributed by atoms with Gasteiger partial charge in [0.2, 0.25) is 0 Å². The summed E-state index contributed by atoms with van der Waals surface area (Å²) in [6, 6.07) is 12.3. The summed E-state index contributed by atoms with van der Waals surface area (Å²) >= 11 is 0. The van der Waals surface area contributed by atoms with Gasteiger partial charge in [-0.2, -0.15) is 0 Å². The molecular weight excluding hydrogens is 444 g/mol. The summed E-state index contributed by atoms with van der Waals surface area (Å²) in [4.78, 5) is 24.5. The quantitative estimate of drug-likeness (QED) is 0.589. The predicted octanol–water partition coefficient (Wildman–Crippen LogP) is 3.37. The fourth-order valence-corrected chi connectivity index (χ4v) is 5.14. The van der Waals surface area contributed by atoms with Gasteiger partial charge in [0.15, 0.2) is 6.61 Å². The molecule has 0 saturated heterocycles. The molecule has 1 N–H and O–H groups in total. The minimum Gasteiger partial charge on any atom is -0.495 e. The zero-order chi connectivity index (χ0) is 24.0. The Morgan fingerprint density at radius 1 is 1.06 bits per heavy atom. The molecule has 0 bridgehead atoms. The molecule has 2 aromatic rings. The lowest BCUT2D eigenvalue weighted by atomic mass is 9.86. The Balaban J connectivity index is 1.61. The fourth-order valence-electron chi connectivity index (χ4n) is 3.93. The Morgan fingerprint density at radius 3 is 2.39 bits per heavy atom. The van der Waals surface area contributed by atoms with Gasteiger partial charge < -0.3 is 14.8 Å². The summed E-state index contributed by atoms with van der Waals surface area (Å²) in [6.07, 6.45) is 4.26. The minimum absolute atomic E-state index is 0.0106. The predicted molar refractivity (Wildman–Crippen MR) is 125 cm³/mol. The molecule has 1 fully saturated rings. The Morgan fingerprint density at radius 2 is 1.73 bits per heavy atom. The highest BCUT2D eigenvalue weighted by Gasteiger charge is 2.25. The van der Waals surface area contributed by atoms with Crippen LogP contribution in [0.15, 0.2) is 53.4 Å². The molecular formula is C24H30N2O6S. The van der Waals surface area contributed by atoms with Gasteiger partial charge in [-0.1, -0.05) is 31.9 Å². The standard InChI is InChI=1S/C24H30N2O6S/c1-17-8-4-5-9-20(17)25-23(27)16-32-24(28)18-12-14-19(15-13-18)33(29,30)26(2)21-10-6-7-11-22(21)31-3/h6-7,10-15,17,20H,4-5,8-9,16H2,1-3H3,(H,25,27). The first-order valence-electron chi connectivity index (χ1n) is 10.9. The molecule has 178 valence electrons. The second-order valence-corrected chi connectivity index (χ2v) is 10.1. The van der Waals surface area contributed by atoms with Crippen LogP contribution in [0.3, 0.4) is 0 Å². The first kappa shape index (κ1) is 24.6. The lowest BCUT2D eigenvalue weighted by Gasteiger charge is -2.29. The second kappa shape index (κ2) is 10.7. The number of para-hydroxylation sites is 2. The summed E-state index contributed by atoms with van der Waals surface area (Å²) in [7, 11) is -0.978. The number of sulfonamides is 1. The Labute approximate surface area is 194 Å². The summed E-state index contributed by atoms with van der Waals surface area (Å²) in [5.41, 5.74) is 0.550. The highest BCUT2D eigenvalue weighted by atomic mass is 32.2. The van der Waals surface area contributed by atoms with Crippen molar-refractivity contribution in [3.63, 3.8) is 0 Å². The molecule has 0 aliphatic heterocycles. The average molecular weight is 475 g/mol. The molecule has 2 unspecified atom stereocenters. The smallest absolute Gasteiger partial charge is 0.338 e. The zero-order valence-electron chi connectivity index (χ0n) is 19.1. The monoisotopic (exact) mass is 474 g/mol. The van der Waals surface area contributed by atoms with Gasteiger partial charge in [0.25, 0.3) is 15.9 Å². The van der Waals surface area contributed by atoms with Crippen LogP contribution < -0.4 is 14.4 Å². The summed E-state index contributed by atoms with van der Waals surface area (Å²) < 4.78 is 37.5. The van der Waals surface area contributed by atoms with E-state index in [0.29, 0.717) is 17.4 Å². The number of anilines is 1. The van der Waals surface area contributed by atoms with Crippen LogP contribution in [-0.2, 0) is 19.6 Å². The van der Waals surface area contributed by atoms with Gasteiger partial charge in [-0.15, -0.1) is 0 Å². The van der Waals surface area contributed by atoms with E-state index in [1.54, 1.807) is 24.3 Å². The van der Waals surface area contributed by atoms with E-state index in [1.165, 1.54) is 44.8 Å². The van der Waals surface area contributed by atoms with Crippen molar-refractivity contribution < 1.29 is 27.5 Å². The topological polar surface area (TPSA) is 102 Å². The maximum absolute atomic E-state index is 13.0. The molecule has 0 aromatic heterocycles. The molecule has 0 spiro atoms. The van der Waals surface area contributed by atoms with Gasteiger partial charge in [-0.25, -0.2) is 13.2 Å². The van der Waals surface area contributed by atoms with E-state index in [9.17, 15) is 18.0 Å². The van der Waals surface area contributed by atoms with Crippen molar-refractivity contribution in [1.82, 2.24) is 5.32 Å². The van der Waals surface area contributed by atoms with Crippen LogP contribution in [0.2, 0.25) is 0 Å². The average Bonchev–Trinajstić information content (AvgIpc) is 2.83. The van der Waals surface area contributed by atoms with Crippen molar-refractivity contribution in [2.75, 3.05) is 25.1 Å². The van der Waals surface area contributed by atoms with E-state index < -0.39 is 16.0 Å². The van der Waals surface area contributed by atoms with Crippen molar-refractivity contribution in [1.29, 1.82) is 0 Å². The van der Waals surface area contributed by atoms with E-state index in [0.717, 1.165) is 23.6 Å². The lowest BCUT2D eigenvalue weighted by molar-refractivity contribution is -0.125. The van der Waals surface area contributed by atoms with E-state index in [4.69, 9.17) is 9.47 Å². The summed E-state index contributed by atoms with van der Waals surface area (Å²) in [5, 5.41) is 2.93. The maximum Gasteiger partial charge on any atom is 0.338 e. The van der Waals surface area contributed by atoms with Crippen LogP contribution in [0.25, 0.3) is 0 Å². The molecule has 1 aliphatic rings. The van der Waals surface area contributed by atoms with Crippen LogP contribution in [-0.4, -0.2) is 47.1 Å². The molecule has 3 rings (SSSR count). The second-order valence-electron chi connectivity index (χ2n) is 8.18. The fraction of sp³-hybridized carbons (Fsp3) is 0.417. The molecule has 0 radical (unpaired) electrons. The summed E-state index contributed by atoms with van der Waals surface area (Å²) in [5.74, 6) is -0.199. The van der Waals surface area contributed by atoms with Crippen LogP contribution in [0.5, 0.6) is 5.75 Å². The third-order valence-corrected chi connectivity index (χ3v) is 7.75. The van der Waals surface area contributed by atoms with Crippen molar-refractivity contribution in [2.24, 2.45) is 5.92 Å². The van der Waals surface area contributed by atoms with Crippen LogP contribution in [0.1, 0.15) is 43.0 Å². The van der Waals surface area contributed by atoms with E-state index in [2.05, 4.69) is 12.2 Å². The molecule has 1 saturated carbocycles. The number of nitrogens with one attached hydrogen (secondary N) is 1. The number of benzene rings is 2. The number of carbonyl (C=O) groups excluding carboxylic acids is 2. The first-order chi connectivity index (χ1) is 15.7. The molecule has 33 heavy (non-hydrogen) atoms. The highest BCUT2D eigenvalue weighted by Crippen LogP contribution is 2.31. The van der Waals surface area contributed by atoms with Crippen LogP contribution in [0.4, 0.5) is 5.69 Å². The highest BCUT2D eigenvalue weighted by molar-refractivity contribution is 7.92. The normalized spacial score (nSPS) is 18.3. The lowest BCUT2D eigenvalue weighted by Crippen LogP contribution is -2.42. The molecule has 1 amide bonds. The molecule has 1 aliphatic carbocycles. The third-order valence-electron chi connectivity index (χ3n) is 5.97. The molecule has 8 nitrogen and oxygen atoms in total. The molecule has 2 atom stereocenters. The van der Waals surface area contributed by atoms with E-state index in [-0.39, 0.29) is 29.0 Å². The molecule has 0 heterocycles. The van der Waals surface area contributed by atoms with Gasteiger partial charge in [0.05, 0.1) is 23.3 Å². The number of esters is 1. The largest absolute Gasteiger partial charge is 0.495 e. The zero-order valence-corrected chi connectivity index (χ0v) is 19.9. The van der Waals surface area contributed by atoms with Gasteiger partial charge >= 0.3 is 5.97 Å². The van der Waals surface area contributed by atoms with Crippen molar-refractivity contribution in [3.05, 3.63) is 54.1 Å². The van der Waals surface area contributed by atoms with Crippen molar-refractivity contribution in [2.45, 2.75) is 43.5 Å². The van der Waals surface area contributed by atoms with Crippen LogP contribution in [0, 0.1) is 5.92 Å². The van der Waals surface area contributed by atoms with Gasteiger partial charge in [0.1, 0.15) is 5.75 Å². The number of hydrogen-bond donors (Lipinski definition) is 1. The Bertz CT molecular complexity index is 1080. The van der Waals surface area contributed by atoms with Gasteiger partial charge in [-0.05, 0) is 55.2 Å². The number of amides is 1.